The summed E-state index contributed by atoms with van der Waals surface area (Å²) in [5, 5.41) is 3.36. The van der Waals surface area contributed by atoms with Crippen LogP contribution in [0.3, 0.4) is 0 Å². The van der Waals surface area contributed by atoms with E-state index in [4.69, 9.17) is 4.74 Å². The molecule has 1 aliphatic rings. The molecule has 2 atom stereocenters. The molecule has 0 saturated heterocycles. The summed E-state index contributed by atoms with van der Waals surface area (Å²) in [6, 6.07) is 8.76. The highest BCUT2D eigenvalue weighted by Crippen LogP contribution is 2.48. The van der Waals surface area contributed by atoms with E-state index < -0.39 is 0 Å². The van der Waals surface area contributed by atoms with Crippen LogP contribution in [0.15, 0.2) is 24.3 Å². The van der Waals surface area contributed by atoms with Gasteiger partial charge >= 0.3 is 0 Å². The molecule has 2 nitrogen and oxygen atoms in total. The average Bonchev–Trinajstić information content (AvgIpc) is 2.41. The summed E-state index contributed by atoms with van der Waals surface area (Å²) in [5.41, 5.74) is 1.79. The van der Waals surface area contributed by atoms with Gasteiger partial charge in [0.25, 0.3) is 0 Å². The van der Waals surface area contributed by atoms with Gasteiger partial charge in [-0.15, -0.1) is 0 Å². The van der Waals surface area contributed by atoms with Crippen LogP contribution in [0.5, 0.6) is 5.75 Å². The van der Waals surface area contributed by atoms with Crippen molar-refractivity contribution in [1.82, 2.24) is 5.32 Å². The van der Waals surface area contributed by atoms with Crippen LogP contribution in [0.1, 0.15) is 39.2 Å². The first kappa shape index (κ1) is 14.4. The maximum atomic E-state index is 5.76. The Labute approximate surface area is 117 Å². The topological polar surface area (TPSA) is 21.3 Å². The third-order valence-corrected chi connectivity index (χ3v) is 4.47. The van der Waals surface area contributed by atoms with Gasteiger partial charge in [0, 0.05) is 12.0 Å². The number of rotatable bonds is 6. The van der Waals surface area contributed by atoms with Crippen LogP contribution in [-0.4, -0.2) is 20.2 Å². The summed E-state index contributed by atoms with van der Waals surface area (Å²) in [6.45, 7) is 8.57. The third kappa shape index (κ3) is 2.94. The number of hydrogen-bond acceptors (Lipinski definition) is 2. The van der Waals surface area contributed by atoms with Crippen molar-refractivity contribution in [3.8, 4) is 5.75 Å². The summed E-state index contributed by atoms with van der Waals surface area (Å²) >= 11 is 0. The molecule has 2 rings (SSSR count). The lowest BCUT2D eigenvalue weighted by Crippen LogP contribution is -2.49. The quantitative estimate of drug-likeness (QED) is 0.844. The molecule has 2 unspecified atom stereocenters. The minimum atomic E-state index is 0.339. The highest BCUT2D eigenvalue weighted by Gasteiger charge is 2.44. The second kappa shape index (κ2) is 5.96. The lowest BCUT2D eigenvalue weighted by atomic mass is 9.57. The van der Waals surface area contributed by atoms with Gasteiger partial charge in [0.2, 0.25) is 0 Å². The Bertz CT molecular complexity index is 398. The van der Waals surface area contributed by atoms with Crippen molar-refractivity contribution < 1.29 is 4.74 Å². The van der Waals surface area contributed by atoms with Gasteiger partial charge in [-0.3, -0.25) is 0 Å². The minimum Gasteiger partial charge on any atom is -0.493 e. The van der Waals surface area contributed by atoms with Crippen LogP contribution in [0, 0.1) is 11.8 Å². The first-order valence-corrected chi connectivity index (χ1v) is 7.46. The zero-order valence-electron chi connectivity index (χ0n) is 12.7. The second-order valence-electron chi connectivity index (χ2n) is 6.36. The molecule has 0 aliphatic heterocycles. The zero-order chi connectivity index (χ0) is 13.9. The predicted molar refractivity (Wildman–Crippen MR) is 80.8 cm³/mol. The summed E-state index contributed by atoms with van der Waals surface area (Å²) in [6.07, 6.45) is 2.63. The molecule has 0 amide bonds. The van der Waals surface area contributed by atoms with Crippen molar-refractivity contribution in [3.63, 3.8) is 0 Å². The Balaban J connectivity index is 2.08. The SMILES string of the molecule is CNCC1(c2ccc(OCC(C)C)cc2)CCC1C. The molecule has 0 aromatic heterocycles. The Morgan fingerprint density at radius 3 is 2.42 bits per heavy atom. The van der Waals surface area contributed by atoms with Gasteiger partial charge in [-0.1, -0.05) is 32.9 Å². The van der Waals surface area contributed by atoms with Gasteiger partial charge in [0.1, 0.15) is 5.75 Å². The fraction of sp³-hybridized carbons (Fsp3) is 0.647. The number of likely N-dealkylation sites (N-methyl/N-ethyl adjacent to an activating group) is 1. The molecule has 0 spiro atoms. The summed E-state index contributed by atoms with van der Waals surface area (Å²) in [5.74, 6) is 2.33. The van der Waals surface area contributed by atoms with E-state index in [2.05, 4.69) is 50.4 Å². The predicted octanol–water partition coefficient (Wildman–Crippen LogP) is 3.61. The smallest absolute Gasteiger partial charge is 0.119 e. The lowest BCUT2D eigenvalue weighted by Gasteiger charge is -2.49. The van der Waals surface area contributed by atoms with E-state index in [0.717, 1.165) is 24.8 Å². The minimum absolute atomic E-state index is 0.339. The van der Waals surface area contributed by atoms with E-state index in [1.807, 2.05) is 7.05 Å². The molecule has 1 N–H and O–H groups in total. The fourth-order valence-corrected chi connectivity index (χ4v) is 3.04. The largest absolute Gasteiger partial charge is 0.493 e. The maximum absolute atomic E-state index is 5.76. The van der Waals surface area contributed by atoms with Gasteiger partial charge < -0.3 is 10.1 Å². The molecule has 19 heavy (non-hydrogen) atoms. The monoisotopic (exact) mass is 261 g/mol. The van der Waals surface area contributed by atoms with E-state index >= 15 is 0 Å². The second-order valence-corrected chi connectivity index (χ2v) is 6.36. The molecule has 0 heterocycles. The van der Waals surface area contributed by atoms with E-state index in [1.165, 1.54) is 18.4 Å². The molecule has 0 radical (unpaired) electrons. The van der Waals surface area contributed by atoms with E-state index in [9.17, 15) is 0 Å². The van der Waals surface area contributed by atoms with Crippen molar-refractivity contribution in [2.45, 2.75) is 39.0 Å². The van der Waals surface area contributed by atoms with Gasteiger partial charge in [-0.2, -0.15) is 0 Å². The van der Waals surface area contributed by atoms with Crippen LogP contribution < -0.4 is 10.1 Å². The van der Waals surface area contributed by atoms with E-state index in [-0.39, 0.29) is 0 Å². The van der Waals surface area contributed by atoms with Crippen LogP contribution >= 0.6 is 0 Å². The number of hydrogen-bond donors (Lipinski definition) is 1. The highest BCUT2D eigenvalue weighted by molar-refractivity contribution is 5.35. The normalized spacial score (nSPS) is 26.3. The molecular weight excluding hydrogens is 234 g/mol. The Kier molecular flexibility index (Phi) is 4.51. The molecule has 1 aliphatic carbocycles. The first-order chi connectivity index (χ1) is 9.08. The summed E-state index contributed by atoms with van der Waals surface area (Å²) in [7, 11) is 2.05. The van der Waals surface area contributed by atoms with Crippen LogP contribution in [0.4, 0.5) is 0 Å². The van der Waals surface area contributed by atoms with Gasteiger partial charge in [-0.25, -0.2) is 0 Å². The first-order valence-electron chi connectivity index (χ1n) is 7.46. The van der Waals surface area contributed by atoms with E-state index in [1.54, 1.807) is 0 Å². The van der Waals surface area contributed by atoms with Gasteiger partial charge in [-0.05, 0) is 49.4 Å². The van der Waals surface area contributed by atoms with Crippen molar-refractivity contribution in [2.24, 2.45) is 11.8 Å². The van der Waals surface area contributed by atoms with Crippen molar-refractivity contribution in [3.05, 3.63) is 29.8 Å². The number of ether oxygens (including phenoxy) is 1. The van der Waals surface area contributed by atoms with Crippen LogP contribution in [0.25, 0.3) is 0 Å². The zero-order valence-corrected chi connectivity index (χ0v) is 12.7. The summed E-state index contributed by atoms with van der Waals surface area (Å²) in [4.78, 5) is 0. The third-order valence-electron chi connectivity index (χ3n) is 4.47. The number of benzene rings is 1. The molecule has 1 aromatic carbocycles. The molecule has 1 saturated carbocycles. The van der Waals surface area contributed by atoms with Crippen molar-refractivity contribution in [2.75, 3.05) is 20.2 Å². The molecule has 0 bridgehead atoms. The van der Waals surface area contributed by atoms with Crippen molar-refractivity contribution >= 4 is 0 Å². The van der Waals surface area contributed by atoms with E-state index in [0.29, 0.717) is 11.3 Å². The Morgan fingerprint density at radius 1 is 1.32 bits per heavy atom. The van der Waals surface area contributed by atoms with Crippen LogP contribution in [-0.2, 0) is 5.41 Å². The Morgan fingerprint density at radius 2 is 2.00 bits per heavy atom. The molecule has 1 aromatic rings. The standard InChI is InChI=1S/C17H27NO/c1-13(2)11-19-16-7-5-15(6-8-16)17(12-18-4)10-9-14(17)3/h5-8,13-14,18H,9-12H2,1-4H3. The summed E-state index contributed by atoms with van der Waals surface area (Å²) < 4.78 is 5.76. The molecule has 2 heteroatoms. The molecular formula is C17H27NO. The number of nitrogens with one attached hydrogen (secondary N) is 1. The molecule has 106 valence electrons. The van der Waals surface area contributed by atoms with Gasteiger partial charge in [0.15, 0.2) is 0 Å². The fourth-order valence-electron chi connectivity index (χ4n) is 3.04. The maximum Gasteiger partial charge on any atom is 0.119 e. The van der Waals surface area contributed by atoms with Crippen molar-refractivity contribution in [1.29, 1.82) is 0 Å². The van der Waals surface area contributed by atoms with Gasteiger partial charge in [0.05, 0.1) is 6.61 Å². The Hall–Kier alpha value is -1.02. The highest BCUT2D eigenvalue weighted by atomic mass is 16.5. The average molecular weight is 261 g/mol. The van der Waals surface area contributed by atoms with Crippen LogP contribution in [0.2, 0.25) is 0 Å². The molecule has 1 fully saturated rings. The lowest BCUT2D eigenvalue weighted by molar-refractivity contribution is 0.137.